The number of aromatic nitrogens is 2. The number of hydrogen-bond donors (Lipinski definition) is 1. The Balaban J connectivity index is 1.96. The van der Waals surface area contributed by atoms with E-state index in [9.17, 15) is 14.9 Å². The zero-order valence-corrected chi connectivity index (χ0v) is 15.1. The highest BCUT2D eigenvalue weighted by molar-refractivity contribution is 6.07. The van der Waals surface area contributed by atoms with Crippen LogP contribution in [0.25, 0.3) is 5.69 Å². The summed E-state index contributed by atoms with van der Waals surface area (Å²) in [5, 5.41) is 18.4. The maximum atomic E-state index is 12.8. The van der Waals surface area contributed by atoms with Gasteiger partial charge in [0.15, 0.2) is 0 Å². The second-order valence-electron chi connectivity index (χ2n) is 5.89. The molecule has 1 amide bonds. The molecule has 0 fully saturated rings. The number of anilines is 1. The van der Waals surface area contributed by atoms with E-state index in [0.29, 0.717) is 22.7 Å². The second-order valence-corrected chi connectivity index (χ2v) is 5.89. The van der Waals surface area contributed by atoms with Gasteiger partial charge in [0.1, 0.15) is 11.4 Å². The third kappa shape index (κ3) is 3.50. The van der Waals surface area contributed by atoms with E-state index in [1.807, 2.05) is 30.3 Å². The zero-order valence-electron chi connectivity index (χ0n) is 15.1. The first-order valence-corrected chi connectivity index (χ1v) is 8.17. The number of nitrogens with zero attached hydrogens (tertiary/aromatic N) is 3. The second kappa shape index (κ2) is 7.28. The Kier molecular flexibility index (Phi) is 4.89. The largest absolute Gasteiger partial charge is 0.496 e. The Morgan fingerprint density at radius 3 is 2.52 bits per heavy atom. The first-order valence-electron chi connectivity index (χ1n) is 8.17. The van der Waals surface area contributed by atoms with Crippen molar-refractivity contribution in [3.8, 4) is 11.4 Å². The predicted molar refractivity (Wildman–Crippen MR) is 101 cm³/mol. The molecule has 3 aromatic rings. The van der Waals surface area contributed by atoms with Gasteiger partial charge in [0.05, 0.1) is 40.7 Å². The van der Waals surface area contributed by atoms with Gasteiger partial charge >= 0.3 is 0 Å². The minimum atomic E-state index is -0.564. The summed E-state index contributed by atoms with van der Waals surface area (Å²) in [6.07, 6.45) is 0. The summed E-state index contributed by atoms with van der Waals surface area (Å²) in [6.45, 7) is 3.51. The molecule has 0 spiro atoms. The van der Waals surface area contributed by atoms with Gasteiger partial charge in [-0.1, -0.05) is 18.2 Å². The fourth-order valence-electron chi connectivity index (χ4n) is 2.87. The Morgan fingerprint density at radius 2 is 1.89 bits per heavy atom. The fourth-order valence-corrected chi connectivity index (χ4v) is 2.87. The molecular weight excluding hydrogens is 348 g/mol. The van der Waals surface area contributed by atoms with Gasteiger partial charge in [-0.05, 0) is 38.1 Å². The van der Waals surface area contributed by atoms with Gasteiger partial charge in [0.2, 0.25) is 0 Å². The maximum absolute atomic E-state index is 12.8. The number of benzene rings is 2. The first-order chi connectivity index (χ1) is 12.9. The summed E-state index contributed by atoms with van der Waals surface area (Å²) in [7, 11) is 1.42. The van der Waals surface area contributed by atoms with Gasteiger partial charge in [-0.2, -0.15) is 5.10 Å². The van der Waals surface area contributed by atoms with E-state index < -0.39 is 10.8 Å². The Morgan fingerprint density at radius 1 is 1.19 bits per heavy atom. The quantitative estimate of drug-likeness (QED) is 0.549. The molecule has 0 aliphatic rings. The number of carbonyl (C=O) groups excluding carboxylic acids is 1. The van der Waals surface area contributed by atoms with Crippen LogP contribution in [-0.4, -0.2) is 27.7 Å². The Labute approximate surface area is 155 Å². The molecule has 0 aliphatic heterocycles. The van der Waals surface area contributed by atoms with Crippen LogP contribution in [0.5, 0.6) is 5.75 Å². The molecule has 3 rings (SSSR count). The van der Waals surface area contributed by atoms with E-state index in [1.54, 1.807) is 24.6 Å². The summed E-state index contributed by atoms with van der Waals surface area (Å²) < 4.78 is 6.68. The fraction of sp³-hybridized carbons (Fsp3) is 0.158. The third-order valence-electron chi connectivity index (χ3n) is 4.17. The number of para-hydroxylation sites is 1. The van der Waals surface area contributed by atoms with Crippen LogP contribution in [0.4, 0.5) is 11.4 Å². The molecule has 27 heavy (non-hydrogen) atoms. The normalized spacial score (nSPS) is 10.5. The molecule has 0 aliphatic carbocycles. The average Bonchev–Trinajstić information content (AvgIpc) is 2.96. The zero-order chi connectivity index (χ0) is 19.6. The topological polar surface area (TPSA) is 99.3 Å². The molecule has 138 valence electrons. The van der Waals surface area contributed by atoms with Crippen LogP contribution < -0.4 is 10.1 Å². The standard InChI is InChI=1S/C19H18N4O4/c1-12-18(13(2)22(21-12)14-7-5-4-6-8-14)19(24)20-16-10-9-15(27-3)11-17(16)23(25)26/h4-11H,1-3H3,(H,20,24). The predicted octanol–water partition coefficient (Wildman–Crippen LogP) is 3.66. The van der Waals surface area contributed by atoms with Gasteiger partial charge in [-0.15, -0.1) is 0 Å². The van der Waals surface area contributed by atoms with E-state index in [-0.39, 0.29) is 11.4 Å². The number of hydrogen-bond acceptors (Lipinski definition) is 5. The van der Waals surface area contributed by atoms with Crippen LogP contribution in [0, 0.1) is 24.0 Å². The van der Waals surface area contributed by atoms with Crippen molar-refractivity contribution >= 4 is 17.3 Å². The highest BCUT2D eigenvalue weighted by Crippen LogP contribution is 2.30. The van der Waals surface area contributed by atoms with Gasteiger partial charge in [-0.25, -0.2) is 4.68 Å². The van der Waals surface area contributed by atoms with Gasteiger partial charge in [0, 0.05) is 0 Å². The smallest absolute Gasteiger partial charge is 0.296 e. The van der Waals surface area contributed by atoms with Crippen molar-refractivity contribution in [1.82, 2.24) is 9.78 Å². The van der Waals surface area contributed by atoms with E-state index in [4.69, 9.17) is 4.74 Å². The molecule has 2 aromatic carbocycles. The van der Waals surface area contributed by atoms with Crippen LogP contribution in [0.15, 0.2) is 48.5 Å². The van der Waals surface area contributed by atoms with Gasteiger partial charge in [0.25, 0.3) is 11.6 Å². The van der Waals surface area contributed by atoms with Gasteiger partial charge in [-0.3, -0.25) is 14.9 Å². The van der Waals surface area contributed by atoms with Crippen LogP contribution in [0.2, 0.25) is 0 Å². The van der Waals surface area contributed by atoms with E-state index in [1.165, 1.54) is 19.2 Å². The number of methoxy groups -OCH3 is 1. The molecule has 1 N–H and O–H groups in total. The van der Waals surface area contributed by atoms with E-state index in [0.717, 1.165) is 5.69 Å². The summed E-state index contributed by atoms with van der Waals surface area (Å²) in [5.74, 6) is -0.121. The van der Waals surface area contributed by atoms with Crippen molar-refractivity contribution in [1.29, 1.82) is 0 Å². The molecule has 0 unspecified atom stereocenters. The van der Waals surface area contributed by atoms with Crippen molar-refractivity contribution < 1.29 is 14.5 Å². The molecule has 0 saturated heterocycles. The summed E-state index contributed by atoms with van der Waals surface area (Å²) in [6, 6.07) is 13.7. The number of nitro benzene ring substituents is 1. The van der Waals surface area contributed by atoms with Crippen LogP contribution in [-0.2, 0) is 0 Å². The van der Waals surface area contributed by atoms with Crippen molar-refractivity contribution in [2.75, 3.05) is 12.4 Å². The van der Waals surface area contributed by atoms with Crippen molar-refractivity contribution in [2.45, 2.75) is 13.8 Å². The number of amides is 1. The molecule has 0 atom stereocenters. The molecule has 1 aromatic heterocycles. The maximum Gasteiger partial charge on any atom is 0.296 e. The Hall–Kier alpha value is -3.68. The number of ether oxygens (including phenoxy) is 1. The molecule has 8 heteroatoms. The monoisotopic (exact) mass is 366 g/mol. The lowest BCUT2D eigenvalue weighted by molar-refractivity contribution is -0.384. The number of carbonyl (C=O) groups is 1. The SMILES string of the molecule is COc1ccc(NC(=O)c2c(C)nn(-c3ccccc3)c2C)c([N+](=O)[O-])c1. The molecule has 0 saturated carbocycles. The summed E-state index contributed by atoms with van der Waals surface area (Å²) >= 11 is 0. The Bertz CT molecular complexity index is 1010. The lowest BCUT2D eigenvalue weighted by Gasteiger charge is -2.08. The molecular formula is C19H18N4O4. The number of rotatable bonds is 5. The summed E-state index contributed by atoms with van der Waals surface area (Å²) in [4.78, 5) is 23.6. The highest BCUT2D eigenvalue weighted by atomic mass is 16.6. The van der Waals surface area contributed by atoms with Crippen molar-refractivity contribution in [3.05, 3.63) is 75.6 Å². The minimum Gasteiger partial charge on any atom is -0.496 e. The minimum absolute atomic E-state index is 0.0945. The van der Waals surface area contributed by atoms with Crippen LogP contribution in [0.1, 0.15) is 21.7 Å². The van der Waals surface area contributed by atoms with Gasteiger partial charge < -0.3 is 10.1 Å². The average molecular weight is 366 g/mol. The number of aryl methyl sites for hydroxylation is 1. The molecule has 0 radical (unpaired) electrons. The lowest BCUT2D eigenvalue weighted by Crippen LogP contribution is -2.15. The summed E-state index contributed by atoms with van der Waals surface area (Å²) in [5.41, 5.74) is 2.24. The molecule has 0 bridgehead atoms. The van der Waals surface area contributed by atoms with Crippen LogP contribution >= 0.6 is 0 Å². The van der Waals surface area contributed by atoms with E-state index in [2.05, 4.69) is 10.4 Å². The van der Waals surface area contributed by atoms with Crippen LogP contribution in [0.3, 0.4) is 0 Å². The first kappa shape index (κ1) is 18.1. The van der Waals surface area contributed by atoms with Crippen molar-refractivity contribution in [3.63, 3.8) is 0 Å². The van der Waals surface area contributed by atoms with Crippen molar-refractivity contribution in [2.24, 2.45) is 0 Å². The number of nitro groups is 1. The molecule has 8 nitrogen and oxygen atoms in total. The lowest BCUT2D eigenvalue weighted by atomic mass is 10.1. The highest BCUT2D eigenvalue weighted by Gasteiger charge is 2.23. The number of nitrogens with one attached hydrogen (secondary N) is 1. The van der Waals surface area contributed by atoms with E-state index >= 15 is 0 Å². The molecule has 1 heterocycles. The third-order valence-corrected chi connectivity index (χ3v) is 4.17.